The number of carbonyl (C=O) groups excluding carboxylic acids is 1. The molecule has 0 saturated carbocycles. The molecule has 0 rings (SSSR count). The summed E-state index contributed by atoms with van der Waals surface area (Å²) in [5, 5.41) is 4.24. The second kappa shape index (κ2) is 5.60. The van der Waals surface area contributed by atoms with E-state index in [4.69, 9.17) is 10.6 Å². The molecule has 0 aromatic carbocycles. The molecule has 0 aliphatic heterocycles. The van der Waals surface area contributed by atoms with Crippen molar-refractivity contribution < 1.29 is 9.53 Å². The lowest BCUT2D eigenvalue weighted by molar-refractivity contribution is -0.149. The Balaban J connectivity index is 4.49. The third-order valence-electron chi connectivity index (χ3n) is 1.49. The van der Waals surface area contributed by atoms with E-state index in [0.717, 1.165) is 0 Å². The zero-order chi connectivity index (χ0) is 12.1. The molecule has 0 saturated heterocycles. The molecular formula is C10H21N3O2. The highest BCUT2D eigenvalue weighted by Gasteiger charge is 2.24. The van der Waals surface area contributed by atoms with Gasteiger partial charge in [0.25, 0.3) is 0 Å². The smallest absolute Gasteiger partial charge is 0.317 e. The zero-order valence-electron chi connectivity index (χ0n) is 10.1. The molecule has 88 valence electrons. The van der Waals surface area contributed by atoms with Crippen molar-refractivity contribution >= 4 is 5.97 Å². The molecule has 5 nitrogen and oxygen atoms in total. The van der Waals surface area contributed by atoms with Crippen molar-refractivity contribution in [1.29, 1.82) is 0 Å². The summed E-state index contributed by atoms with van der Waals surface area (Å²) in [4.78, 5) is 11.6. The van der Waals surface area contributed by atoms with E-state index in [1.54, 1.807) is 27.8 Å². The average Bonchev–Trinajstić information content (AvgIpc) is 2.01. The Labute approximate surface area is 91.2 Å². The Morgan fingerprint density at radius 2 is 2.07 bits per heavy atom. The van der Waals surface area contributed by atoms with E-state index in [1.165, 1.54) is 11.2 Å². The van der Waals surface area contributed by atoms with Gasteiger partial charge in [-0.3, -0.25) is 4.79 Å². The predicted octanol–water partition coefficient (Wildman–Crippen LogP) is 0.790. The largest absolute Gasteiger partial charge is 0.408 e. The molecule has 0 heterocycles. The lowest BCUT2D eigenvalue weighted by Gasteiger charge is -2.19. The van der Waals surface area contributed by atoms with Gasteiger partial charge in [-0.05, 0) is 27.7 Å². The van der Waals surface area contributed by atoms with Crippen molar-refractivity contribution in [3.8, 4) is 0 Å². The van der Waals surface area contributed by atoms with Crippen LogP contribution in [-0.4, -0.2) is 24.6 Å². The minimum Gasteiger partial charge on any atom is -0.408 e. The molecule has 15 heavy (non-hydrogen) atoms. The molecule has 0 atom stereocenters. The number of nitrogens with zero attached hydrogens (tertiary/aromatic N) is 1. The van der Waals surface area contributed by atoms with Gasteiger partial charge in [0.15, 0.2) is 0 Å². The summed E-state index contributed by atoms with van der Waals surface area (Å²) >= 11 is 0. The Morgan fingerprint density at radius 1 is 1.53 bits per heavy atom. The van der Waals surface area contributed by atoms with Crippen molar-refractivity contribution in [2.24, 2.45) is 11.3 Å². The molecule has 0 aliphatic carbocycles. The highest BCUT2D eigenvalue weighted by atomic mass is 16.5. The first-order valence-electron chi connectivity index (χ1n) is 4.93. The number of nitrogens with two attached hydrogens (primary N) is 1. The van der Waals surface area contributed by atoms with E-state index < -0.39 is 5.41 Å². The van der Waals surface area contributed by atoms with Gasteiger partial charge < -0.3 is 15.1 Å². The molecule has 0 aliphatic rings. The molecule has 0 fully saturated rings. The minimum absolute atomic E-state index is 0.295. The van der Waals surface area contributed by atoms with Crippen LogP contribution in [0.5, 0.6) is 0 Å². The van der Waals surface area contributed by atoms with Crippen molar-refractivity contribution in [3.05, 3.63) is 12.1 Å². The van der Waals surface area contributed by atoms with E-state index in [0.29, 0.717) is 12.4 Å². The summed E-state index contributed by atoms with van der Waals surface area (Å²) in [5.41, 5.74) is -0.526. The molecule has 0 spiro atoms. The summed E-state index contributed by atoms with van der Waals surface area (Å²) in [6.45, 7) is 7.97. The first kappa shape index (κ1) is 13.8. The molecule has 5 heteroatoms. The van der Waals surface area contributed by atoms with Gasteiger partial charge in [-0.1, -0.05) is 0 Å². The van der Waals surface area contributed by atoms with Crippen LogP contribution in [0.4, 0.5) is 0 Å². The normalized spacial score (nSPS) is 12.3. The van der Waals surface area contributed by atoms with Crippen LogP contribution < -0.4 is 11.2 Å². The Bertz CT molecular complexity index is 242. The molecular weight excluding hydrogens is 194 g/mol. The average molecular weight is 215 g/mol. The number of hydrogen-bond donors (Lipinski definition) is 2. The number of hydrazine groups is 1. The number of ether oxygens (including phenoxy) is 1. The van der Waals surface area contributed by atoms with E-state index in [9.17, 15) is 4.79 Å². The second-order valence-electron chi connectivity index (χ2n) is 4.33. The Hall–Kier alpha value is -1.23. The Morgan fingerprint density at radius 3 is 2.40 bits per heavy atom. The quantitative estimate of drug-likeness (QED) is 0.314. The van der Waals surface area contributed by atoms with Crippen LogP contribution >= 0.6 is 0 Å². The van der Waals surface area contributed by atoms with Gasteiger partial charge in [-0.25, -0.2) is 5.84 Å². The highest BCUT2D eigenvalue weighted by Crippen LogP contribution is 2.16. The third-order valence-corrected chi connectivity index (χ3v) is 1.49. The molecule has 0 unspecified atom stereocenters. The SMILES string of the molecule is CCN/C(=C\N(C)N)OC(=O)C(C)(C)C. The van der Waals surface area contributed by atoms with Gasteiger partial charge in [0.1, 0.15) is 0 Å². The van der Waals surface area contributed by atoms with Crippen LogP contribution in [0.15, 0.2) is 12.1 Å². The van der Waals surface area contributed by atoms with Crippen LogP contribution in [0.3, 0.4) is 0 Å². The third kappa shape index (κ3) is 5.96. The fourth-order valence-electron chi connectivity index (χ4n) is 0.720. The summed E-state index contributed by atoms with van der Waals surface area (Å²) in [5.74, 6) is 5.50. The first-order valence-corrected chi connectivity index (χ1v) is 4.93. The maximum Gasteiger partial charge on any atom is 0.317 e. The van der Waals surface area contributed by atoms with Gasteiger partial charge in [-0.2, -0.15) is 0 Å². The van der Waals surface area contributed by atoms with Crippen molar-refractivity contribution in [3.63, 3.8) is 0 Å². The van der Waals surface area contributed by atoms with E-state index in [2.05, 4.69) is 5.32 Å². The van der Waals surface area contributed by atoms with Gasteiger partial charge in [0, 0.05) is 13.6 Å². The van der Waals surface area contributed by atoms with E-state index >= 15 is 0 Å². The second-order valence-corrected chi connectivity index (χ2v) is 4.33. The number of hydrogen-bond acceptors (Lipinski definition) is 5. The number of nitrogens with one attached hydrogen (secondary N) is 1. The lowest BCUT2D eigenvalue weighted by Crippen LogP contribution is -2.29. The summed E-state index contributed by atoms with van der Waals surface area (Å²) in [7, 11) is 1.66. The van der Waals surface area contributed by atoms with Crippen LogP contribution in [0, 0.1) is 5.41 Å². The molecule has 3 N–H and O–H groups in total. The molecule has 0 aromatic heterocycles. The van der Waals surface area contributed by atoms with Gasteiger partial charge in [-0.15, -0.1) is 0 Å². The summed E-state index contributed by atoms with van der Waals surface area (Å²) in [6, 6.07) is 0. The van der Waals surface area contributed by atoms with Crippen molar-refractivity contribution in [2.75, 3.05) is 13.6 Å². The topological polar surface area (TPSA) is 67.6 Å². The molecule has 0 bridgehead atoms. The van der Waals surface area contributed by atoms with Crippen LogP contribution in [0.25, 0.3) is 0 Å². The predicted molar refractivity (Wildman–Crippen MR) is 59.3 cm³/mol. The number of carbonyl (C=O) groups is 1. The monoisotopic (exact) mass is 215 g/mol. The maximum absolute atomic E-state index is 11.6. The van der Waals surface area contributed by atoms with Crippen molar-refractivity contribution in [1.82, 2.24) is 10.3 Å². The number of rotatable bonds is 4. The number of esters is 1. The van der Waals surface area contributed by atoms with Gasteiger partial charge in [0.05, 0.1) is 11.6 Å². The van der Waals surface area contributed by atoms with Gasteiger partial charge in [0.2, 0.25) is 5.88 Å². The van der Waals surface area contributed by atoms with E-state index in [-0.39, 0.29) is 5.97 Å². The molecule has 0 aromatic rings. The van der Waals surface area contributed by atoms with Crippen molar-refractivity contribution in [2.45, 2.75) is 27.7 Å². The van der Waals surface area contributed by atoms with Crippen LogP contribution in [0.1, 0.15) is 27.7 Å². The fraction of sp³-hybridized carbons (Fsp3) is 0.700. The zero-order valence-corrected chi connectivity index (χ0v) is 10.1. The minimum atomic E-state index is -0.526. The highest BCUT2D eigenvalue weighted by molar-refractivity contribution is 5.76. The molecule has 0 amide bonds. The fourth-order valence-corrected chi connectivity index (χ4v) is 0.720. The summed E-state index contributed by atoms with van der Waals surface area (Å²) < 4.78 is 5.16. The van der Waals surface area contributed by atoms with Gasteiger partial charge >= 0.3 is 5.97 Å². The Kier molecular flexibility index (Phi) is 5.14. The first-order chi connectivity index (χ1) is 6.77. The van der Waals surface area contributed by atoms with Crippen LogP contribution in [-0.2, 0) is 9.53 Å². The maximum atomic E-state index is 11.6. The van der Waals surface area contributed by atoms with Crippen LogP contribution in [0.2, 0.25) is 0 Å². The standard InChI is InChI=1S/C10H21N3O2/c1-6-12-8(7-13(5)11)15-9(14)10(2,3)4/h7,12H,6,11H2,1-5H3/b8-7+. The molecule has 0 radical (unpaired) electrons. The van der Waals surface area contributed by atoms with E-state index in [1.807, 2.05) is 6.92 Å². The lowest BCUT2D eigenvalue weighted by atomic mass is 9.97. The summed E-state index contributed by atoms with van der Waals surface area (Å²) in [6.07, 6.45) is 1.52.